The van der Waals surface area contributed by atoms with Gasteiger partial charge in [0.25, 0.3) is 9.05 Å². The topological polar surface area (TPSA) is 43.4 Å². The molecule has 0 aliphatic rings. The molecule has 0 unspecified atom stereocenters. The Bertz CT molecular complexity index is 717. The van der Waals surface area contributed by atoms with Crippen molar-refractivity contribution in [2.24, 2.45) is 0 Å². The molecule has 0 amide bonds. The minimum Gasteiger partial charge on any atom is -0.487 e. The fourth-order valence-corrected chi connectivity index (χ4v) is 3.04. The molecule has 0 saturated heterocycles. The van der Waals surface area contributed by atoms with Gasteiger partial charge in [-0.3, -0.25) is 0 Å². The van der Waals surface area contributed by atoms with Crippen molar-refractivity contribution in [2.45, 2.75) is 11.5 Å². The van der Waals surface area contributed by atoms with E-state index in [1.807, 2.05) is 0 Å². The highest BCUT2D eigenvalue weighted by molar-refractivity contribution is 9.10. The molecule has 0 atom stereocenters. The van der Waals surface area contributed by atoms with Crippen LogP contribution in [0, 0.1) is 5.82 Å². The highest BCUT2D eigenvalue weighted by atomic mass is 79.9. The van der Waals surface area contributed by atoms with Gasteiger partial charge < -0.3 is 4.74 Å². The molecule has 2 rings (SSSR count). The zero-order valence-electron chi connectivity index (χ0n) is 10.0. The maximum Gasteiger partial charge on any atom is 0.265 e. The van der Waals surface area contributed by atoms with E-state index >= 15 is 0 Å². The first kappa shape index (κ1) is 15.3. The van der Waals surface area contributed by atoms with Crippen molar-refractivity contribution in [1.29, 1.82) is 0 Å². The average Bonchev–Trinajstić information content (AvgIpc) is 2.38. The van der Waals surface area contributed by atoms with Crippen molar-refractivity contribution >= 4 is 35.7 Å². The molecule has 2 aromatic carbocycles. The van der Waals surface area contributed by atoms with E-state index in [0.29, 0.717) is 10.0 Å². The SMILES string of the molecule is O=S(=O)(Cl)c1cc(Br)ccc1OCc1ccc(F)cc1. The van der Waals surface area contributed by atoms with E-state index in [-0.39, 0.29) is 23.1 Å². The Morgan fingerprint density at radius 3 is 2.40 bits per heavy atom. The largest absolute Gasteiger partial charge is 0.487 e. The lowest BCUT2D eigenvalue weighted by atomic mass is 10.2. The summed E-state index contributed by atoms with van der Waals surface area (Å²) in [5.74, 6) is -0.200. The number of hydrogen-bond acceptors (Lipinski definition) is 3. The van der Waals surface area contributed by atoms with E-state index in [1.54, 1.807) is 18.2 Å². The van der Waals surface area contributed by atoms with Gasteiger partial charge in [0.2, 0.25) is 0 Å². The number of halogens is 3. The number of hydrogen-bond donors (Lipinski definition) is 0. The predicted octanol–water partition coefficient (Wildman–Crippen LogP) is 4.09. The summed E-state index contributed by atoms with van der Waals surface area (Å²) in [5.41, 5.74) is 0.715. The Morgan fingerprint density at radius 1 is 1.15 bits per heavy atom. The van der Waals surface area contributed by atoms with Crippen molar-refractivity contribution in [1.82, 2.24) is 0 Å². The van der Waals surface area contributed by atoms with Crippen LogP contribution in [0.5, 0.6) is 5.75 Å². The summed E-state index contributed by atoms with van der Waals surface area (Å²) in [6.45, 7) is 0.112. The first-order chi connectivity index (χ1) is 9.36. The fourth-order valence-electron chi connectivity index (χ4n) is 1.53. The van der Waals surface area contributed by atoms with Gasteiger partial charge in [0.15, 0.2) is 0 Å². The molecular weight excluding hydrogens is 371 g/mol. The molecule has 7 heteroatoms. The molecule has 0 heterocycles. The van der Waals surface area contributed by atoms with Gasteiger partial charge in [-0.25, -0.2) is 12.8 Å². The molecule has 0 saturated carbocycles. The molecule has 0 aliphatic carbocycles. The normalized spacial score (nSPS) is 11.3. The average molecular weight is 380 g/mol. The van der Waals surface area contributed by atoms with Crippen molar-refractivity contribution in [3.8, 4) is 5.75 Å². The molecule has 3 nitrogen and oxygen atoms in total. The van der Waals surface area contributed by atoms with E-state index in [9.17, 15) is 12.8 Å². The first-order valence-corrected chi connectivity index (χ1v) is 8.58. The molecule has 0 radical (unpaired) electrons. The van der Waals surface area contributed by atoms with Gasteiger partial charge in [0.1, 0.15) is 23.1 Å². The molecular formula is C13H9BrClFO3S. The lowest BCUT2D eigenvalue weighted by Gasteiger charge is -2.10. The Hall–Kier alpha value is -1.11. The summed E-state index contributed by atoms with van der Waals surface area (Å²) in [6.07, 6.45) is 0. The first-order valence-electron chi connectivity index (χ1n) is 5.48. The van der Waals surface area contributed by atoms with Gasteiger partial charge in [-0.15, -0.1) is 0 Å². The summed E-state index contributed by atoms with van der Waals surface area (Å²) < 4.78 is 41.7. The minimum atomic E-state index is -3.91. The van der Waals surface area contributed by atoms with Gasteiger partial charge in [-0.05, 0) is 35.9 Å². The molecule has 0 aromatic heterocycles. The third-order valence-electron chi connectivity index (χ3n) is 2.48. The minimum absolute atomic E-state index is 0.112. The molecule has 2 aromatic rings. The molecule has 0 aliphatic heterocycles. The van der Waals surface area contributed by atoms with Gasteiger partial charge in [-0.2, -0.15) is 0 Å². The highest BCUT2D eigenvalue weighted by Gasteiger charge is 2.17. The van der Waals surface area contributed by atoms with Crippen molar-refractivity contribution in [3.63, 3.8) is 0 Å². The third kappa shape index (κ3) is 3.94. The van der Waals surface area contributed by atoms with Gasteiger partial charge in [0.05, 0.1) is 0 Å². The third-order valence-corrected chi connectivity index (χ3v) is 4.31. The summed E-state index contributed by atoms with van der Waals surface area (Å²) in [6, 6.07) is 10.2. The Labute approximate surface area is 128 Å². The molecule has 106 valence electrons. The second-order valence-corrected chi connectivity index (χ2v) is 7.39. The zero-order valence-corrected chi connectivity index (χ0v) is 13.2. The van der Waals surface area contributed by atoms with Crippen LogP contribution >= 0.6 is 26.6 Å². The van der Waals surface area contributed by atoms with Crippen LogP contribution < -0.4 is 4.74 Å². The van der Waals surface area contributed by atoms with Crippen molar-refractivity contribution < 1.29 is 17.5 Å². The van der Waals surface area contributed by atoms with Crippen molar-refractivity contribution in [3.05, 3.63) is 58.3 Å². The monoisotopic (exact) mass is 378 g/mol. The maximum absolute atomic E-state index is 12.8. The number of benzene rings is 2. The number of rotatable bonds is 4. The lowest BCUT2D eigenvalue weighted by Crippen LogP contribution is -2.01. The summed E-state index contributed by atoms with van der Waals surface area (Å²) in [7, 11) is 1.45. The van der Waals surface area contributed by atoms with Crippen LogP contribution in [0.25, 0.3) is 0 Å². The van der Waals surface area contributed by atoms with E-state index in [4.69, 9.17) is 15.4 Å². The molecule has 0 bridgehead atoms. The zero-order chi connectivity index (χ0) is 14.8. The smallest absolute Gasteiger partial charge is 0.265 e. The predicted molar refractivity (Wildman–Crippen MR) is 77.9 cm³/mol. The van der Waals surface area contributed by atoms with Gasteiger partial charge >= 0.3 is 0 Å². The lowest BCUT2D eigenvalue weighted by molar-refractivity contribution is 0.298. The van der Waals surface area contributed by atoms with E-state index in [1.165, 1.54) is 24.3 Å². The fraction of sp³-hybridized carbons (Fsp3) is 0.0769. The molecule has 0 N–H and O–H groups in total. The van der Waals surface area contributed by atoms with E-state index in [0.717, 1.165) is 0 Å². The van der Waals surface area contributed by atoms with Crippen LogP contribution in [0.2, 0.25) is 0 Å². The molecule has 20 heavy (non-hydrogen) atoms. The van der Waals surface area contributed by atoms with E-state index < -0.39 is 9.05 Å². The van der Waals surface area contributed by atoms with Crippen molar-refractivity contribution in [2.75, 3.05) is 0 Å². The van der Waals surface area contributed by atoms with Crippen LogP contribution in [0.15, 0.2) is 51.8 Å². The van der Waals surface area contributed by atoms with Crippen LogP contribution in [0.4, 0.5) is 4.39 Å². The quantitative estimate of drug-likeness (QED) is 0.751. The van der Waals surface area contributed by atoms with Crippen LogP contribution in [-0.4, -0.2) is 8.42 Å². The van der Waals surface area contributed by atoms with Gasteiger partial charge in [0, 0.05) is 15.2 Å². The summed E-state index contributed by atoms with van der Waals surface area (Å²) >= 11 is 3.17. The molecule has 0 fully saturated rings. The Kier molecular flexibility index (Phi) is 4.67. The van der Waals surface area contributed by atoms with Crippen LogP contribution in [0.3, 0.4) is 0 Å². The van der Waals surface area contributed by atoms with Crippen LogP contribution in [-0.2, 0) is 15.7 Å². The summed E-state index contributed by atoms with van der Waals surface area (Å²) in [5, 5.41) is 0. The van der Waals surface area contributed by atoms with Crippen LogP contribution in [0.1, 0.15) is 5.56 Å². The Morgan fingerprint density at radius 2 is 1.80 bits per heavy atom. The number of ether oxygens (including phenoxy) is 1. The second-order valence-electron chi connectivity index (χ2n) is 3.94. The Balaban J connectivity index is 2.23. The maximum atomic E-state index is 12.8. The highest BCUT2D eigenvalue weighted by Crippen LogP contribution is 2.30. The molecule has 0 spiro atoms. The summed E-state index contributed by atoms with van der Waals surface area (Å²) in [4.78, 5) is -0.115. The standard InChI is InChI=1S/C13H9BrClFO3S/c14-10-3-6-12(13(7-10)20(15,17)18)19-8-9-1-4-11(16)5-2-9/h1-7H,8H2. The second kappa shape index (κ2) is 6.11. The van der Waals surface area contributed by atoms with E-state index in [2.05, 4.69) is 15.9 Å². The van der Waals surface area contributed by atoms with Gasteiger partial charge in [-0.1, -0.05) is 28.1 Å².